The summed E-state index contributed by atoms with van der Waals surface area (Å²) in [7, 11) is 0. The average Bonchev–Trinajstić information content (AvgIpc) is 3.23. The van der Waals surface area contributed by atoms with Crippen molar-refractivity contribution in [3.8, 4) is 11.5 Å². The van der Waals surface area contributed by atoms with E-state index in [1.165, 1.54) is 11.3 Å². The molecule has 0 aliphatic carbocycles. The third kappa shape index (κ3) is 4.11. The second-order valence-electron chi connectivity index (χ2n) is 5.31. The molecular formula is C17H15BrClN3O2S. The van der Waals surface area contributed by atoms with Gasteiger partial charge in [-0.1, -0.05) is 30.7 Å². The fraction of sp³-hybridized carbons (Fsp3) is 0.235. The van der Waals surface area contributed by atoms with Crippen LogP contribution in [-0.4, -0.2) is 27.5 Å². The van der Waals surface area contributed by atoms with Crippen LogP contribution in [0.5, 0.6) is 0 Å². The molecule has 130 valence electrons. The monoisotopic (exact) mass is 439 g/mol. The van der Waals surface area contributed by atoms with Gasteiger partial charge in [0.2, 0.25) is 11.8 Å². The van der Waals surface area contributed by atoms with Crippen molar-refractivity contribution in [3.05, 3.63) is 56.0 Å². The van der Waals surface area contributed by atoms with Gasteiger partial charge in [-0.3, -0.25) is 4.79 Å². The minimum absolute atomic E-state index is 0.0544. The van der Waals surface area contributed by atoms with Gasteiger partial charge in [-0.2, -0.15) is 0 Å². The van der Waals surface area contributed by atoms with Gasteiger partial charge in [0.05, 0.1) is 17.1 Å². The Morgan fingerprint density at radius 3 is 2.80 bits per heavy atom. The summed E-state index contributed by atoms with van der Waals surface area (Å²) < 4.78 is 6.51. The Labute approximate surface area is 162 Å². The van der Waals surface area contributed by atoms with Gasteiger partial charge in [0, 0.05) is 11.0 Å². The minimum atomic E-state index is -0.0544. The molecular weight excluding hydrogens is 426 g/mol. The molecule has 0 fully saturated rings. The van der Waals surface area contributed by atoms with Crippen LogP contribution in [0, 0.1) is 0 Å². The molecule has 5 nitrogen and oxygen atoms in total. The van der Waals surface area contributed by atoms with E-state index >= 15 is 0 Å². The average molecular weight is 441 g/mol. The maximum atomic E-state index is 12.7. The first kappa shape index (κ1) is 18.1. The number of thiophene rings is 1. The summed E-state index contributed by atoms with van der Waals surface area (Å²) >= 11 is 11.0. The Morgan fingerprint density at radius 1 is 1.32 bits per heavy atom. The summed E-state index contributed by atoms with van der Waals surface area (Å²) in [6.45, 7) is 2.88. The highest BCUT2D eigenvalue weighted by Gasteiger charge is 2.22. The number of aromatic nitrogens is 2. The van der Waals surface area contributed by atoms with Crippen LogP contribution in [0.1, 0.15) is 28.9 Å². The van der Waals surface area contributed by atoms with Crippen molar-refractivity contribution in [2.75, 3.05) is 6.54 Å². The van der Waals surface area contributed by atoms with E-state index in [0.717, 1.165) is 10.9 Å². The highest BCUT2D eigenvalue weighted by Crippen LogP contribution is 2.27. The highest BCUT2D eigenvalue weighted by atomic mass is 79.9. The molecule has 3 aromatic rings. The molecule has 0 spiro atoms. The Balaban J connectivity index is 1.81. The Hall–Kier alpha value is -1.70. The molecule has 0 N–H and O–H groups in total. The van der Waals surface area contributed by atoms with Crippen molar-refractivity contribution in [2.24, 2.45) is 0 Å². The second-order valence-corrected chi connectivity index (χ2v) is 7.48. The molecule has 0 saturated heterocycles. The first-order valence-corrected chi connectivity index (χ1v) is 9.74. The predicted octanol–water partition coefficient (Wildman–Crippen LogP) is 5.27. The molecule has 3 rings (SSSR count). The molecule has 0 aliphatic rings. The van der Waals surface area contributed by atoms with E-state index in [1.54, 1.807) is 11.0 Å². The topological polar surface area (TPSA) is 59.2 Å². The maximum absolute atomic E-state index is 12.7. The quantitative estimate of drug-likeness (QED) is 0.524. The summed E-state index contributed by atoms with van der Waals surface area (Å²) in [5, 5.41) is 10.5. The molecule has 0 unspecified atom stereocenters. The van der Waals surface area contributed by atoms with Crippen LogP contribution < -0.4 is 0 Å². The third-order valence-corrected chi connectivity index (χ3v) is 5.64. The van der Waals surface area contributed by atoms with Gasteiger partial charge in [0.25, 0.3) is 5.91 Å². The molecule has 8 heteroatoms. The van der Waals surface area contributed by atoms with Gasteiger partial charge in [0.15, 0.2) is 0 Å². The van der Waals surface area contributed by atoms with Crippen LogP contribution in [0.2, 0.25) is 5.02 Å². The van der Waals surface area contributed by atoms with E-state index in [2.05, 4.69) is 26.1 Å². The van der Waals surface area contributed by atoms with Crippen LogP contribution in [0.15, 0.2) is 44.6 Å². The Bertz CT molecular complexity index is 880. The van der Waals surface area contributed by atoms with E-state index in [9.17, 15) is 4.79 Å². The SMILES string of the molecule is CCCN(Cc1nnc(-c2ccccc2Cl)o1)C(=O)c1sccc1Br. The van der Waals surface area contributed by atoms with Gasteiger partial charge >= 0.3 is 0 Å². The molecule has 0 bridgehead atoms. The van der Waals surface area contributed by atoms with Crippen molar-refractivity contribution in [3.63, 3.8) is 0 Å². The van der Waals surface area contributed by atoms with Crippen LogP contribution in [0.25, 0.3) is 11.5 Å². The number of benzene rings is 1. The largest absolute Gasteiger partial charge is 0.419 e. The maximum Gasteiger partial charge on any atom is 0.265 e. The molecule has 0 aliphatic heterocycles. The summed E-state index contributed by atoms with van der Waals surface area (Å²) in [6.07, 6.45) is 0.834. The number of halogens is 2. The van der Waals surface area contributed by atoms with Gasteiger partial charge in [-0.25, -0.2) is 0 Å². The molecule has 2 heterocycles. The Kier molecular flexibility index (Phi) is 5.88. The number of nitrogens with zero attached hydrogens (tertiary/aromatic N) is 3. The first-order chi connectivity index (χ1) is 12.1. The van der Waals surface area contributed by atoms with Crippen LogP contribution in [0.3, 0.4) is 0 Å². The van der Waals surface area contributed by atoms with Crippen LogP contribution >= 0.6 is 38.9 Å². The molecule has 0 saturated carbocycles. The van der Waals surface area contributed by atoms with Gasteiger partial charge < -0.3 is 9.32 Å². The van der Waals surface area contributed by atoms with E-state index in [4.69, 9.17) is 16.0 Å². The van der Waals surface area contributed by atoms with E-state index in [-0.39, 0.29) is 12.5 Å². The lowest BCUT2D eigenvalue weighted by atomic mass is 10.2. The lowest BCUT2D eigenvalue weighted by molar-refractivity contribution is 0.0732. The normalized spacial score (nSPS) is 10.8. The lowest BCUT2D eigenvalue weighted by Crippen LogP contribution is -2.31. The van der Waals surface area contributed by atoms with E-state index < -0.39 is 0 Å². The van der Waals surface area contributed by atoms with Crippen LogP contribution in [0.4, 0.5) is 0 Å². The summed E-state index contributed by atoms with van der Waals surface area (Å²) in [6, 6.07) is 9.14. The molecule has 0 atom stereocenters. The zero-order valence-corrected chi connectivity index (χ0v) is 16.6. The van der Waals surface area contributed by atoms with Crippen LogP contribution in [-0.2, 0) is 6.54 Å². The number of hydrogen-bond donors (Lipinski definition) is 0. The van der Waals surface area contributed by atoms with Gasteiger partial charge in [0.1, 0.15) is 4.88 Å². The highest BCUT2D eigenvalue weighted by molar-refractivity contribution is 9.10. The number of carbonyl (C=O) groups excluding carboxylic acids is 1. The fourth-order valence-electron chi connectivity index (χ4n) is 2.34. The first-order valence-electron chi connectivity index (χ1n) is 7.69. The van der Waals surface area contributed by atoms with Crippen molar-refractivity contribution in [1.82, 2.24) is 15.1 Å². The second kappa shape index (κ2) is 8.12. The number of amides is 1. The fourth-order valence-corrected chi connectivity index (χ4v) is 4.06. The standard InChI is InChI=1S/C17H15BrClN3O2S/c1-2-8-22(17(23)15-12(18)7-9-25-15)10-14-20-21-16(24-14)11-5-3-4-6-13(11)19/h3-7,9H,2,8,10H2,1H3. The number of hydrogen-bond acceptors (Lipinski definition) is 5. The summed E-state index contributed by atoms with van der Waals surface area (Å²) in [5.41, 5.74) is 0.678. The van der Waals surface area contributed by atoms with E-state index in [0.29, 0.717) is 33.8 Å². The number of rotatable bonds is 6. The molecule has 1 aromatic carbocycles. The van der Waals surface area contributed by atoms with Crippen molar-refractivity contribution >= 4 is 44.8 Å². The summed E-state index contributed by atoms with van der Waals surface area (Å²) in [5.74, 6) is 0.674. The van der Waals surface area contributed by atoms with E-state index in [1.807, 2.05) is 36.6 Å². The summed E-state index contributed by atoms with van der Waals surface area (Å²) in [4.78, 5) is 15.1. The van der Waals surface area contributed by atoms with Crippen molar-refractivity contribution in [1.29, 1.82) is 0 Å². The Morgan fingerprint density at radius 2 is 2.12 bits per heavy atom. The molecule has 2 aromatic heterocycles. The molecule has 1 amide bonds. The van der Waals surface area contributed by atoms with Gasteiger partial charge in [-0.05, 0) is 45.9 Å². The third-order valence-electron chi connectivity index (χ3n) is 3.49. The molecule has 0 radical (unpaired) electrons. The lowest BCUT2D eigenvalue weighted by Gasteiger charge is -2.19. The predicted molar refractivity (Wildman–Crippen MR) is 102 cm³/mol. The van der Waals surface area contributed by atoms with Crippen molar-refractivity contribution < 1.29 is 9.21 Å². The smallest absolute Gasteiger partial charge is 0.265 e. The van der Waals surface area contributed by atoms with Gasteiger partial charge in [-0.15, -0.1) is 21.5 Å². The zero-order chi connectivity index (χ0) is 17.8. The minimum Gasteiger partial charge on any atom is -0.419 e. The molecule has 25 heavy (non-hydrogen) atoms. The number of carbonyl (C=O) groups is 1. The van der Waals surface area contributed by atoms with Crippen molar-refractivity contribution in [2.45, 2.75) is 19.9 Å². The zero-order valence-electron chi connectivity index (χ0n) is 13.4.